The third-order valence-electron chi connectivity index (χ3n) is 2.71. The molecule has 118 valence electrons. The molecule has 4 nitrogen and oxygen atoms in total. The van der Waals surface area contributed by atoms with E-state index in [1.807, 2.05) is 6.92 Å². The Balaban J connectivity index is 2.37. The normalized spacial score (nSPS) is 11.3. The quantitative estimate of drug-likeness (QED) is 0.807. The molecule has 0 saturated heterocycles. The van der Waals surface area contributed by atoms with Crippen LogP contribution in [-0.2, 0) is 10.0 Å². The third kappa shape index (κ3) is 3.79. The van der Waals surface area contributed by atoms with Gasteiger partial charge in [0.25, 0.3) is 10.0 Å². The van der Waals surface area contributed by atoms with Crippen LogP contribution in [0, 0.1) is 0 Å². The molecule has 0 radical (unpaired) electrons. The fourth-order valence-electron chi connectivity index (χ4n) is 1.71. The summed E-state index contributed by atoms with van der Waals surface area (Å²) in [6.45, 7) is 2.24. The second kappa shape index (κ2) is 6.96. The molecule has 1 N–H and O–H groups in total. The van der Waals surface area contributed by atoms with Crippen LogP contribution in [0.2, 0.25) is 15.1 Å². The highest BCUT2D eigenvalue weighted by Gasteiger charge is 2.19. The number of nitrogens with one attached hydrogen (secondary N) is 1. The molecule has 0 aliphatic heterocycles. The van der Waals surface area contributed by atoms with Crippen molar-refractivity contribution in [2.45, 2.75) is 11.8 Å². The van der Waals surface area contributed by atoms with Crippen molar-refractivity contribution >= 4 is 50.5 Å². The van der Waals surface area contributed by atoms with E-state index in [9.17, 15) is 8.42 Å². The molecule has 0 aliphatic carbocycles. The molecule has 2 rings (SSSR count). The van der Waals surface area contributed by atoms with Crippen LogP contribution in [0.25, 0.3) is 0 Å². The lowest BCUT2D eigenvalue weighted by Gasteiger charge is -2.12. The summed E-state index contributed by atoms with van der Waals surface area (Å²) in [7, 11) is -3.87. The number of halogens is 3. The zero-order valence-electron chi connectivity index (χ0n) is 11.4. The Hall–Kier alpha value is -1.14. The van der Waals surface area contributed by atoms with Gasteiger partial charge in [0, 0.05) is 0 Å². The van der Waals surface area contributed by atoms with Gasteiger partial charge in [-0.1, -0.05) is 40.9 Å². The number of benzene rings is 2. The molecular weight excluding hydrogens is 369 g/mol. The smallest absolute Gasteiger partial charge is 0.262 e. The molecule has 0 spiro atoms. The van der Waals surface area contributed by atoms with Gasteiger partial charge in [0.1, 0.15) is 5.75 Å². The molecule has 0 aliphatic rings. The minimum Gasteiger partial charge on any atom is -0.492 e. The summed E-state index contributed by atoms with van der Waals surface area (Å²) >= 11 is 17.9. The highest BCUT2D eigenvalue weighted by atomic mass is 35.5. The first-order valence-electron chi connectivity index (χ1n) is 6.24. The number of rotatable bonds is 5. The van der Waals surface area contributed by atoms with Crippen molar-refractivity contribution in [3.05, 3.63) is 51.5 Å². The van der Waals surface area contributed by atoms with Gasteiger partial charge in [-0.3, -0.25) is 4.72 Å². The fourth-order valence-corrected chi connectivity index (χ4v) is 3.74. The molecule has 0 saturated carbocycles. The highest BCUT2D eigenvalue weighted by molar-refractivity contribution is 7.92. The van der Waals surface area contributed by atoms with Crippen LogP contribution in [0.3, 0.4) is 0 Å². The van der Waals surface area contributed by atoms with Crippen LogP contribution in [0.15, 0.2) is 41.3 Å². The molecule has 0 heterocycles. The van der Waals surface area contributed by atoms with E-state index in [-0.39, 0.29) is 25.7 Å². The summed E-state index contributed by atoms with van der Waals surface area (Å²) in [5, 5.41) is 0.608. The number of ether oxygens (including phenoxy) is 1. The maximum atomic E-state index is 12.4. The fraction of sp³-hybridized carbons (Fsp3) is 0.143. The lowest BCUT2D eigenvalue weighted by atomic mass is 10.3. The van der Waals surface area contributed by atoms with Crippen molar-refractivity contribution in [3.63, 3.8) is 0 Å². The molecular formula is C14H12Cl3NO3S. The van der Waals surface area contributed by atoms with E-state index >= 15 is 0 Å². The molecule has 2 aromatic carbocycles. The van der Waals surface area contributed by atoms with Gasteiger partial charge in [0.2, 0.25) is 0 Å². The lowest BCUT2D eigenvalue weighted by molar-refractivity contribution is 0.340. The standard InChI is InChI=1S/C14H12Cl3NO3S/c1-2-21-13-7-6-9(8-12(13)17)22(19,20)18-14-10(15)4-3-5-11(14)16/h3-8,18H,2H2,1H3. The molecule has 8 heteroatoms. The summed E-state index contributed by atoms with van der Waals surface area (Å²) in [5.41, 5.74) is 0.121. The van der Waals surface area contributed by atoms with Gasteiger partial charge < -0.3 is 4.74 Å². The maximum absolute atomic E-state index is 12.4. The molecule has 0 aromatic heterocycles. The number of hydrogen-bond donors (Lipinski definition) is 1. The van der Waals surface area contributed by atoms with Crippen LogP contribution in [-0.4, -0.2) is 15.0 Å². The minimum atomic E-state index is -3.87. The Morgan fingerprint density at radius 2 is 1.68 bits per heavy atom. The summed E-state index contributed by atoms with van der Waals surface area (Å²) in [6, 6.07) is 8.89. The van der Waals surface area contributed by atoms with E-state index in [4.69, 9.17) is 39.5 Å². The van der Waals surface area contributed by atoms with Gasteiger partial charge in [0.05, 0.1) is 32.3 Å². The first kappa shape index (κ1) is 17.2. The van der Waals surface area contributed by atoms with Gasteiger partial charge in [-0.15, -0.1) is 0 Å². The topological polar surface area (TPSA) is 55.4 Å². The van der Waals surface area contributed by atoms with Crippen molar-refractivity contribution in [1.29, 1.82) is 0 Å². The van der Waals surface area contributed by atoms with Crippen LogP contribution in [0.5, 0.6) is 5.75 Å². The number of hydrogen-bond acceptors (Lipinski definition) is 3. The number of anilines is 1. The second-order valence-corrected chi connectivity index (χ2v) is 7.13. The average molecular weight is 381 g/mol. The highest BCUT2D eigenvalue weighted by Crippen LogP contribution is 2.33. The van der Waals surface area contributed by atoms with E-state index in [1.165, 1.54) is 30.3 Å². The van der Waals surface area contributed by atoms with Crippen molar-refractivity contribution in [2.75, 3.05) is 11.3 Å². The van der Waals surface area contributed by atoms with Crippen molar-refractivity contribution in [1.82, 2.24) is 0 Å². The first-order valence-corrected chi connectivity index (χ1v) is 8.86. The molecule has 0 atom stereocenters. The van der Waals surface area contributed by atoms with Crippen LogP contribution < -0.4 is 9.46 Å². The zero-order valence-corrected chi connectivity index (χ0v) is 14.5. The SMILES string of the molecule is CCOc1ccc(S(=O)(=O)Nc2c(Cl)cccc2Cl)cc1Cl. The van der Waals surface area contributed by atoms with Crippen LogP contribution in [0.4, 0.5) is 5.69 Å². The minimum absolute atomic E-state index is 0.0167. The Bertz CT molecular complexity index is 774. The Labute approximate surface area is 144 Å². The molecule has 0 fully saturated rings. The zero-order chi connectivity index (χ0) is 16.3. The second-order valence-electron chi connectivity index (χ2n) is 4.23. The van der Waals surface area contributed by atoms with E-state index in [1.54, 1.807) is 6.07 Å². The maximum Gasteiger partial charge on any atom is 0.262 e. The molecule has 22 heavy (non-hydrogen) atoms. The van der Waals surface area contributed by atoms with Gasteiger partial charge >= 0.3 is 0 Å². The Morgan fingerprint density at radius 1 is 1.05 bits per heavy atom. The predicted octanol–water partition coefficient (Wildman–Crippen LogP) is 4.85. The summed E-state index contributed by atoms with van der Waals surface area (Å²) in [4.78, 5) is -0.0167. The van der Waals surface area contributed by atoms with E-state index in [0.29, 0.717) is 12.4 Å². The van der Waals surface area contributed by atoms with Crippen LogP contribution in [0.1, 0.15) is 6.92 Å². The molecule has 0 bridgehead atoms. The Kier molecular flexibility index (Phi) is 5.45. The predicted molar refractivity (Wildman–Crippen MR) is 89.9 cm³/mol. The summed E-state index contributed by atoms with van der Waals surface area (Å²) in [6.07, 6.45) is 0. The number of para-hydroxylation sites is 1. The third-order valence-corrected chi connectivity index (χ3v) is 4.99. The molecule has 0 unspecified atom stereocenters. The largest absolute Gasteiger partial charge is 0.492 e. The van der Waals surface area contributed by atoms with Gasteiger partial charge in [-0.25, -0.2) is 8.42 Å². The van der Waals surface area contributed by atoms with Gasteiger partial charge in [0.15, 0.2) is 0 Å². The van der Waals surface area contributed by atoms with E-state index in [0.717, 1.165) is 0 Å². The van der Waals surface area contributed by atoms with Gasteiger partial charge in [-0.2, -0.15) is 0 Å². The molecule has 0 amide bonds. The summed E-state index contributed by atoms with van der Waals surface area (Å²) < 4.78 is 32.4. The molecule has 2 aromatic rings. The van der Waals surface area contributed by atoms with Crippen molar-refractivity contribution in [2.24, 2.45) is 0 Å². The van der Waals surface area contributed by atoms with Crippen molar-refractivity contribution < 1.29 is 13.2 Å². The number of sulfonamides is 1. The van der Waals surface area contributed by atoms with Crippen molar-refractivity contribution in [3.8, 4) is 5.75 Å². The van der Waals surface area contributed by atoms with E-state index in [2.05, 4.69) is 4.72 Å². The van der Waals surface area contributed by atoms with Crippen LogP contribution >= 0.6 is 34.8 Å². The first-order chi connectivity index (χ1) is 10.3. The average Bonchev–Trinajstić information content (AvgIpc) is 2.45. The van der Waals surface area contributed by atoms with Gasteiger partial charge in [-0.05, 0) is 37.3 Å². The monoisotopic (exact) mass is 379 g/mol. The van der Waals surface area contributed by atoms with E-state index < -0.39 is 10.0 Å². The summed E-state index contributed by atoms with van der Waals surface area (Å²) in [5.74, 6) is 0.416. The Morgan fingerprint density at radius 3 is 2.23 bits per heavy atom. The lowest BCUT2D eigenvalue weighted by Crippen LogP contribution is -2.13.